The molecule has 2 aromatic carbocycles. The smallest absolute Gasteiger partial charge is 0.274 e. The number of hydrogen-bond donors (Lipinski definition) is 1. The quantitative estimate of drug-likeness (QED) is 0.703. The fourth-order valence-electron chi connectivity index (χ4n) is 3.77. The van der Waals surface area contributed by atoms with Crippen LogP contribution < -0.4 is 20.3 Å². The van der Waals surface area contributed by atoms with Crippen molar-refractivity contribution >= 4 is 16.7 Å². The van der Waals surface area contributed by atoms with Crippen molar-refractivity contribution in [2.75, 3.05) is 13.2 Å². The van der Waals surface area contributed by atoms with Gasteiger partial charge in [0, 0.05) is 12.4 Å². The molecule has 3 aromatic rings. The van der Waals surface area contributed by atoms with E-state index in [2.05, 4.69) is 24.3 Å². The van der Waals surface area contributed by atoms with Gasteiger partial charge in [-0.25, -0.2) is 4.68 Å². The van der Waals surface area contributed by atoms with Gasteiger partial charge in [0.2, 0.25) is 5.91 Å². The van der Waals surface area contributed by atoms with Crippen LogP contribution in [0.3, 0.4) is 0 Å². The van der Waals surface area contributed by atoms with Gasteiger partial charge in [0.25, 0.3) is 5.56 Å². The molecule has 1 atom stereocenters. The minimum atomic E-state index is -0.188. The first-order chi connectivity index (χ1) is 14.4. The van der Waals surface area contributed by atoms with Crippen molar-refractivity contribution in [1.82, 2.24) is 15.1 Å². The number of fused-ring (bicyclic) bond motifs is 2. The molecule has 7 nitrogen and oxygen atoms in total. The zero-order valence-electron chi connectivity index (χ0n) is 17.3. The Bertz CT molecular complexity index is 1150. The molecule has 2 heterocycles. The van der Waals surface area contributed by atoms with Crippen LogP contribution in [0.2, 0.25) is 0 Å². The van der Waals surface area contributed by atoms with E-state index in [1.165, 1.54) is 4.68 Å². The lowest BCUT2D eigenvalue weighted by molar-refractivity contribution is -0.121. The van der Waals surface area contributed by atoms with Crippen LogP contribution >= 0.6 is 0 Å². The zero-order chi connectivity index (χ0) is 21.3. The van der Waals surface area contributed by atoms with Gasteiger partial charge in [-0.05, 0) is 29.7 Å². The predicted molar refractivity (Wildman–Crippen MR) is 114 cm³/mol. The van der Waals surface area contributed by atoms with Crippen LogP contribution in [0.1, 0.15) is 31.1 Å². The molecule has 1 amide bonds. The van der Waals surface area contributed by atoms with Crippen molar-refractivity contribution < 1.29 is 14.3 Å². The number of benzene rings is 2. The molecule has 0 saturated carbocycles. The SMILES string of the molecule is CC(C)[C@H](NC(=O)Cc1nn(C)c(=O)c2ccccc12)c1ccc2c(c1)OCCO2. The van der Waals surface area contributed by atoms with Gasteiger partial charge >= 0.3 is 0 Å². The first-order valence-corrected chi connectivity index (χ1v) is 10.1. The number of aryl methyl sites for hydroxylation is 1. The van der Waals surface area contributed by atoms with Crippen molar-refractivity contribution in [3.63, 3.8) is 0 Å². The maximum absolute atomic E-state index is 12.9. The second-order valence-electron chi connectivity index (χ2n) is 7.79. The summed E-state index contributed by atoms with van der Waals surface area (Å²) < 4.78 is 12.6. The maximum Gasteiger partial charge on any atom is 0.274 e. The van der Waals surface area contributed by atoms with Crippen molar-refractivity contribution in [2.45, 2.75) is 26.3 Å². The molecule has 156 valence electrons. The maximum atomic E-state index is 12.9. The van der Waals surface area contributed by atoms with E-state index in [0.29, 0.717) is 35.4 Å². The Kier molecular flexibility index (Phi) is 5.44. The number of nitrogens with zero attached hydrogens (tertiary/aromatic N) is 2. The summed E-state index contributed by atoms with van der Waals surface area (Å²) >= 11 is 0. The number of aromatic nitrogens is 2. The van der Waals surface area contributed by atoms with Crippen LogP contribution in [0.25, 0.3) is 10.8 Å². The lowest BCUT2D eigenvalue weighted by Crippen LogP contribution is -2.34. The summed E-state index contributed by atoms with van der Waals surface area (Å²) in [6, 6.07) is 12.8. The highest BCUT2D eigenvalue weighted by Crippen LogP contribution is 2.34. The molecule has 0 unspecified atom stereocenters. The number of amides is 1. The summed E-state index contributed by atoms with van der Waals surface area (Å²) in [4.78, 5) is 25.2. The fraction of sp³-hybridized carbons (Fsp3) is 0.348. The van der Waals surface area contributed by atoms with Gasteiger partial charge in [0.1, 0.15) is 13.2 Å². The number of ether oxygens (including phenoxy) is 2. The highest BCUT2D eigenvalue weighted by Gasteiger charge is 2.22. The summed E-state index contributed by atoms with van der Waals surface area (Å²) in [5.41, 5.74) is 1.36. The molecule has 0 bridgehead atoms. The van der Waals surface area contributed by atoms with Crippen LogP contribution in [0.5, 0.6) is 11.5 Å². The monoisotopic (exact) mass is 407 g/mol. The lowest BCUT2D eigenvalue weighted by Gasteiger charge is -2.25. The Hall–Kier alpha value is -3.35. The summed E-state index contributed by atoms with van der Waals surface area (Å²) in [5, 5.41) is 8.72. The van der Waals surface area contributed by atoms with E-state index in [9.17, 15) is 9.59 Å². The van der Waals surface area contributed by atoms with Gasteiger partial charge in [-0.15, -0.1) is 0 Å². The van der Waals surface area contributed by atoms with E-state index < -0.39 is 0 Å². The van der Waals surface area contributed by atoms with Gasteiger partial charge in [-0.1, -0.05) is 38.1 Å². The van der Waals surface area contributed by atoms with Crippen LogP contribution in [-0.4, -0.2) is 28.9 Å². The average molecular weight is 407 g/mol. The minimum Gasteiger partial charge on any atom is -0.486 e. The third-order valence-corrected chi connectivity index (χ3v) is 5.27. The first-order valence-electron chi connectivity index (χ1n) is 10.1. The van der Waals surface area contributed by atoms with E-state index in [0.717, 1.165) is 11.3 Å². The largest absolute Gasteiger partial charge is 0.486 e. The number of carbonyl (C=O) groups excluding carboxylic acids is 1. The molecule has 0 aliphatic carbocycles. The highest BCUT2D eigenvalue weighted by molar-refractivity contribution is 5.88. The van der Waals surface area contributed by atoms with E-state index in [1.807, 2.05) is 36.4 Å². The number of hydrogen-bond acceptors (Lipinski definition) is 5. The van der Waals surface area contributed by atoms with Crippen LogP contribution in [0, 0.1) is 5.92 Å². The summed E-state index contributed by atoms with van der Waals surface area (Å²) in [6.07, 6.45) is 0.0857. The Labute approximate surface area is 174 Å². The summed E-state index contributed by atoms with van der Waals surface area (Å²) in [7, 11) is 1.60. The minimum absolute atomic E-state index is 0.0857. The van der Waals surface area contributed by atoms with Gasteiger partial charge in [-0.2, -0.15) is 5.10 Å². The number of nitrogens with one attached hydrogen (secondary N) is 1. The standard InChI is InChI=1S/C23H25N3O4/c1-14(2)22(15-8-9-19-20(12-15)30-11-10-29-19)24-21(27)13-18-16-6-4-5-7-17(16)23(28)26(3)25-18/h4-9,12,14,22H,10-11,13H2,1-3H3,(H,24,27)/t22-/m0/s1. The third-order valence-electron chi connectivity index (χ3n) is 5.27. The molecule has 1 N–H and O–H groups in total. The van der Waals surface area contributed by atoms with E-state index in [4.69, 9.17) is 9.47 Å². The fourth-order valence-corrected chi connectivity index (χ4v) is 3.77. The molecule has 0 saturated heterocycles. The van der Waals surface area contributed by atoms with Gasteiger partial charge in [-0.3, -0.25) is 9.59 Å². The molecule has 0 radical (unpaired) electrons. The molecule has 1 aromatic heterocycles. The topological polar surface area (TPSA) is 82.5 Å². The Morgan fingerprint density at radius 1 is 1.10 bits per heavy atom. The zero-order valence-corrected chi connectivity index (χ0v) is 17.3. The van der Waals surface area contributed by atoms with Crippen molar-refractivity contribution in [1.29, 1.82) is 0 Å². The van der Waals surface area contributed by atoms with E-state index >= 15 is 0 Å². The second-order valence-corrected chi connectivity index (χ2v) is 7.79. The average Bonchev–Trinajstić information content (AvgIpc) is 2.75. The highest BCUT2D eigenvalue weighted by atomic mass is 16.6. The molecular formula is C23H25N3O4. The van der Waals surface area contributed by atoms with Crippen LogP contribution in [0.4, 0.5) is 0 Å². The van der Waals surface area contributed by atoms with E-state index in [-0.39, 0.29) is 29.8 Å². The van der Waals surface area contributed by atoms with Crippen molar-refractivity contribution in [3.05, 3.63) is 64.1 Å². The lowest BCUT2D eigenvalue weighted by atomic mass is 9.95. The predicted octanol–water partition coefficient (Wildman–Crippen LogP) is 2.76. The second kappa shape index (κ2) is 8.18. The summed E-state index contributed by atoms with van der Waals surface area (Å²) in [6.45, 7) is 5.17. The first kappa shape index (κ1) is 19.9. The van der Waals surface area contributed by atoms with Gasteiger partial charge in [0.05, 0.1) is 23.5 Å². The van der Waals surface area contributed by atoms with Gasteiger partial charge in [0.15, 0.2) is 11.5 Å². The molecule has 1 aliphatic rings. The van der Waals surface area contributed by atoms with Gasteiger partial charge < -0.3 is 14.8 Å². The van der Waals surface area contributed by atoms with Crippen molar-refractivity contribution in [2.24, 2.45) is 13.0 Å². The molecule has 4 rings (SSSR count). The molecule has 30 heavy (non-hydrogen) atoms. The summed E-state index contributed by atoms with van der Waals surface area (Å²) in [5.74, 6) is 1.44. The van der Waals surface area contributed by atoms with Crippen LogP contribution in [-0.2, 0) is 18.3 Å². The molecule has 0 fully saturated rings. The Morgan fingerprint density at radius 3 is 2.53 bits per heavy atom. The van der Waals surface area contributed by atoms with Crippen molar-refractivity contribution in [3.8, 4) is 11.5 Å². The number of carbonyl (C=O) groups is 1. The molecule has 1 aliphatic heterocycles. The Morgan fingerprint density at radius 2 is 1.80 bits per heavy atom. The van der Waals surface area contributed by atoms with E-state index in [1.54, 1.807) is 13.1 Å². The molecular weight excluding hydrogens is 382 g/mol. The van der Waals surface area contributed by atoms with Crippen LogP contribution in [0.15, 0.2) is 47.3 Å². The number of rotatable bonds is 5. The molecule has 0 spiro atoms. The normalized spacial score (nSPS) is 14.0. The Balaban J connectivity index is 1.59. The molecule has 7 heteroatoms. The third kappa shape index (κ3) is 3.87.